The molecule has 108 valence electrons. The first-order valence-electron chi connectivity index (χ1n) is 8.00. The summed E-state index contributed by atoms with van der Waals surface area (Å²) in [6, 6.07) is 9.99. The molecule has 0 aliphatic heterocycles. The second-order valence-electron chi connectivity index (χ2n) is 6.16. The van der Waals surface area contributed by atoms with E-state index in [-0.39, 0.29) is 0 Å². The Balaban J connectivity index is 1.77. The zero-order chi connectivity index (χ0) is 13.9. The highest BCUT2D eigenvalue weighted by atomic mass is 32.1. The van der Waals surface area contributed by atoms with Crippen LogP contribution in [0.2, 0.25) is 0 Å². The first-order chi connectivity index (χ1) is 9.75. The molecule has 1 fully saturated rings. The predicted molar refractivity (Wildman–Crippen MR) is 89.6 cm³/mol. The summed E-state index contributed by atoms with van der Waals surface area (Å²) in [5, 5.41) is 5.32. The predicted octanol–water partition coefficient (Wildman–Crippen LogP) is 5.58. The lowest BCUT2D eigenvalue weighted by atomic mass is 10.1. The van der Waals surface area contributed by atoms with Gasteiger partial charge >= 0.3 is 0 Å². The number of hydrogen-bond donors (Lipinski definition) is 1. The van der Waals surface area contributed by atoms with Crippen molar-refractivity contribution in [3.8, 4) is 0 Å². The molecule has 1 N–H and O–H groups in total. The number of hydrogen-bond acceptors (Lipinski definition) is 2. The van der Waals surface area contributed by atoms with E-state index in [9.17, 15) is 0 Å². The van der Waals surface area contributed by atoms with Gasteiger partial charge in [0.15, 0.2) is 0 Å². The summed E-state index contributed by atoms with van der Waals surface area (Å²) in [5.74, 6) is 0. The van der Waals surface area contributed by atoms with Crippen molar-refractivity contribution in [3.05, 3.63) is 34.7 Å². The number of thiophene rings is 1. The molecule has 2 aromatic rings. The summed E-state index contributed by atoms with van der Waals surface area (Å²) in [5.41, 5.74) is 1.47. The summed E-state index contributed by atoms with van der Waals surface area (Å²) in [4.78, 5) is 1.52. The third kappa shape index (κ3) is 2.91. The van der Waals surface area contributed by atoms with Gasteiger partial charge in [-0.25, -0.2) is 0 Å². The summed E-state index contributed by atoms with van der Waals surface area (Å²) in [7, 11) is 0. The fraction of sp³-hybridized carbons (Fsp3) is 0.556. The molecule has 1 aliphatic rings. The fourth-order valence-corrected chi connectivity index (χ4v) is 4.70. The lowest BCUT2D eigenvalue weighted by molar-refractivity contribution is 0.417. The Kier molecular flexibility index (Phi) is 4.42. The van der Waals surface area contributed by atoms with Crippen LogP contribution in [-0.4, -0.2) is 6.04 Å². The SMILES string of the molecule is Cc1c(C(C)NC2CCCCCC2)sc2ccccc12. The van der Waals surface area contributed by atoms with E-state index in [4.69, 9.17) is 0 Å². The molecular weight excluding hydrogens is 262 g/mol. The normalized spacial score (nSPS) is 19.1. The molecule has 1 saturated carbocycles. The van der Waals surface area contributed by atoms with Crippen molar-refractivity contribution in [2.45, 2.75) is 64.5 Å². The third-order valence-corrected chi connectivity index (χ3v) is 6.07. The minimum atomic E-state index is 0.482. The molecule has 0 amide bonds. The van der Waals surface area contributed by atoms with Crippen LogP contribution in [0.5, 0.6) is 0 Å². The Hall–Kier alpha value is -0.860. The topological polar surface area (TPSA) is 12.0 Å². The first-order valence-corrected chi connectivity index (χ1v) is 8.81. The van der Waals surface area contributed by atoms with E-state index in [1.165, 1.54) is 59.1 Å². The quantitative estimate of drug-likeness (QED) is 0.726. The zero-order valence-corrected chi connectivity index (χ0v) is 13.4. The van der Waals surface area contributed by atoms with Gasteiger partial charge in [0.2, 0.25) is 0 Å². The molecule has 0 bridgehead atoms. The van der Waals surface area contributed by atoms with Gasteiger partial charge in [-0.3, -0.25) is 0 Å². The number of rotatable bonds is 3. The average molecular weight is 287 g/mol. The van der Waals surface area contributed by atoms with Gasteiger partial charge in [0, 0.05) is 21.7 Å². The standard InChI is InChI=1S/C18H25NS/c1-13-16-11-7-8-12-17(16)20-18(13)14(2)19-15-9-5-3-4-6-10-15/h7-8,11-12,14-15,19H,3-6,9-10H2,1-2H3. The Morgan fingerprint density at radius 3 is 2.50 bits per heavy atom. The van der Waals surface area contributed by atoms with Gasteiger partial charge < -0.3 is 5.32 Å². The van der Waals surface area contributed by atoms with Gasteiger partial charge in [0.05, 0.1) is 0 Å². The third-order valence-electron chi connectivity index (χ3n) is 4.61. The van der Waals surface area contributed by atoms with E-state index in [0.717, 1.165) is 6.04 Å². The zero-order valence-electron chi connectivity index (χ0n) is 12.6. The van der Waals surface area contributed by atoms with Gasteiger partial charge in [0.1, 0.15) is 0 Å². The number of nitrogens with one attached hydrogen (secondary N) is 1. The molecule has 1 nitrogen and oxygen atoms in total. The molecule has 0 radical (unpaired) electrons. The number of benzene rings is 1. The lowest BCUT2D eigenvalue weighted by Gasteiger charge is -2.22. The molecular formula is C18H25NS. The van der Waals surface area contributed by atoms with E-state index in [1.807, 2.05) is 11.3 Å². The molecule has 1 aromatic heterocycles. The van der Waals surface area contributed by atoms with Crippen molar-refractivity contribution in [2.24, 2.45) is 0 Å². The van der Waals surface area contributed by atoms with E-state index in [1.54, 1.807) is 0 Å². The van der Waals surface area contributed by atoms with Gasteiger partial charge in [0.25, 0.3) is 0 Å². The van der Waals surface area contributed by atoms with Crippen LogP contribution in [0, 0.1) is 6.92 Å². The molecule has 0 saturated heterocycles. The smallest absolute Gasteiger partial charge is 0.0391 e. The van der Waals surface area contributed by atoms with Crippen LogP contribution in [0.3, 0.4) is 0 Å². The Morgan fingerprint density at radius 2 is 1.80 bits per heavy atom. The first kappa shape index (κ1) is 14.1. The second-order valence-corrected chi connectivity index (χ2v) is 7.25. The minimum absolute atomic E-state index is 0.482. The molecule has 1 aromatic carbocycles. The van der Waals surface area contributed by atoms with E-state index < -0.39 is 0 Å². The van der Waals surface area contributed by atoms with Crippen LogP contribution in [0.4, 0.5) is 0 Å². The maximum absolute atomic E-state index is 3.89. The van der Waals surface area contributed by atoms with Gasteiger partial charge in [-0.2, -0.15) is 0 Å². The van der Waals surface area contributed by atoms with Crippen molar-refractivity contribution < 1.29 is 0 Å². The number of aryl methyl sites for hydroxylation is 1. The largest absolute Gasteiger partial charge is 0.307 e. The van der Waals surface area contributed by atoms with Crippen molar-refractivity contribution >= 4 is 21.4 Å². The van der Waals surface area contributed by atoms with Crippen LogP contribution in [-0.2, 0) is 0 Å². The second kappa shape index (κ2) is 6.28. The van der Waals surface area contributed by atoms with E-state index in [2.05, 4.69) is 43.4 Å². The highest BCUT2D eigenvalue weighted by Gasteiger charge is 2.18. The highest BCUT2D eigenvalue weighted by Crippen LogP contribution is 2.35. The van der Waals surface area contributed by atoms with Crippen LogP contribution >= 0.6 is 11.3 Å². The van der Waals surface area contributed by atoms with Crippen LogP contribution in [0.1, 0.15) is 61.9 Å². The Labute approximate surface area is 126 Å². The monoisotopic (exact) mass is 287 g/mol. The van der Waals surface area contributed by atoms with Crippen LogP contribution in [0.25, 0.3) is 10.1 Å². The molecule has 2 heteroatoms. The molecule has 1 aliphatic carbocycles. The van der Waals surface area contributed by atoms with Gasteiger partial charge in [-0.05, 0) is 43.7 Å². The van der Waals surface area contributed by atoms with Gasteiger partial charge in [-0.1, -0.05) is 43.9 Å². The van der Waals surface area contributed by atoms with E-state index >= 15 is 0 Å². The number of fused-ring (bicyclic) bond motifs is 1. The summed E-state index contributed by atoms with van der Waals surface area (Å²) in [6.45, 7) is 4.61. The van der Waals surface area contributed by atoms with Crippen molar-refractivity contribution in [2.75, 3.05) is 0 Å². The minimum Gasteiger partial charge on any atom is -0.307 e. The molecule has 3 rings (SSSR count). The van der Waals surface area contributed by atoms with Gasteiger partial charge in [-0.15, -0.1) is 11.3 Å². The Bertz CT molecular complexity index is 564. The maximum Gasteiger partial charge on any atom is 0.0391 e. The van der Waals surface area contributed by atoms with Crippen molar-refractivity contribution in [3.63, 3.8) is 0 Å². The lowest BCUT2D eigenvalue weighted by Crippen LogP contribution is -2.30. The summed E-state index contributed by atoms with van der Waals surface area (Å²) in [6.07, 6.45) is 8.36. The van der Waals surface area contributed by atoms with Crippen LogP contribution < -0.4 is 5.32 Å². The Morgan fingerprint density at radius 1 is 1.10 bits per heavy atom. The fourth-order valence-electron chi connectivity index (χ4n) is 3.48. The molecule has 1 heterocycles. The molecule has 0 spiro atoms. The van der Waals surface area contributed by atoms with Crippen molar-refractivity contribution in [1.82, 2.24) is 5.32 Å². The molecule has 1 atom stereocenters. The van der Waals surface area contributed by atoms with E-state index in [0.29, 0.717) is 6.04 Å². The average Bonchev–Trinajstić information content (AvgIpc) is 2.64. The molecule has 20 heavy (non-hydrogen) atoms. The molecule has 1 unspecified atom stereocenters. The highest BCUT2D eigenvalue weighted by molar-refractivity contribution is 7.19. The van der Waals surface area contributed by atoms with Crippen LogP contribution in [0.15, 0.2) is 24.3 Å². The summed E-state index contributed by atoms with van der Waals surface area (Å²) < 4.78 is 1.43. The maximum atomic E-state index is 3.89. The summed E-state index contributed by atoms with van der Waals surface area (Å²) >= 11 is 1.96. The van der Waals surface area contributed by atoms with Crippen molar-refractivity contribution in [1.29, 1.82) is 0 Å².